The third kappa shape index (κ3) is 4.77. The van der Waals surface area contributed by atoms with Gasteiger partial charge in [0.2, 0.25) is 0 Å². The van der Waals surface area contributed by atoms with Crippen molar-refractivity contribution in [2.45, 2.75) is 25.9 Å². The van der Waals surface area contributed by atoms with E-state index in [4.69, 9.17) is 5.73 Å². The van der Waals surface area contributed by atoms with Crippen LogP contribution in [0.4, 0.5) is 0 Å². The topological polar surface area (TPSA) is 32.5 Å². The Balaban J connectivity index is 2.57. The fourth-order valence-corrected chi connectivity index (χ4v) is 2.32. The van der Waals surface area contributed by atoms with Gasteiger partial charge in [0.1, 0.15) is 0 Å². The van der Waals surface area contributed by atoms with E-state index in [1.54, 1.807) is 0 Å². The van der Waals surface area contributed by atoms with E-state index < -0.39 is 0 Å². The average Bonchev–Trinajstić information content (AvgIpc) is 2.35. The van der Waals surface area contributed by atoms with Gasteiger partial charge < -0.3 is 10.6 Å². The molecular formula is C15H27N3. The summed E-state index contributed by atoms with van der Waals surface area (Å²) in [4.78, 5) is 4.67. The van der Waals surface area contributed by atoms with Gasteiger partial charge in [0, 0.05) is 25.2 Å². The molecule has 18 heavy (non-hydrogen) atoms. The van der Waals surface area contributed by atoms with Gasteiger partial charge in [-0.2, -0.15) is 0 Å². The normalized spacial score (nSPS) is 15.1. The largest absolute Gasteiger partial charge is 0.323 e. The lowest BCUT2D eigenvalue weighted by molar-refractivity contribution is 0.172. The monoisotopic (exact) mass is 249 g/mol. The Bertz CT molecular complexity index is 324. The van der Waals surface area contributed by atoms with Crippen molar-refractivity contribution in [1.82, 2.24) is 9.80 Å². The lowest BCUT2D eigenvalue weighted by atomic mass is 10.1. The molecule has 0 spiro atoms. The molecule has 1 rings (SSSR count). The molecular weight excluding hydrogens is 222 g/mol. The van der Waals surface area contributed by atoms with Crippen LogP contribution in [0.3, 0.4) is 0 Å². The van der Waals surface area contributed by atoms with Crippen molar-refractivity contribution >= 4 is 0 Å². The summed E-state index contributed by atoms with van der Waals surface area (Å²) in [6, 6.07) is 11.0. The molecule has 3 heteroatoms. The van der Waals surface area contributed by atoms with E-state index in [9.17, 15) is 0 Å². The van der Waals surface area contributed by atoms with Crippen LogP contribution in [0.2, 0.25) is 0 Å². The minimum absolute atomic E-state index is 0.0933. The highest BCUT2D eigenvalue weighted by atomic mass is 15.2. The van der Waals surface area contributed by atoms with Crippen LogP contribution in [0.25, 0.3) is 0 Å². The van der Waals surface area contributed by atoms with Crippen LogP contribution in [-0.2, 0) is 0 Å². The van der Waals surface area contributed by atoms with Crippen LogP contribution >= 0.6 is 0 Å². The van der Waals surface area contributed by atoms with E-state index in [0.717, 1.165) is 19.6 Å². The first-order valence-corrected chi connectivity index (χ1v) is 6.73. The fraction of sp³-hybridized carbons (Fsp3) is 0.600. The standard InChI is InChI=1S/C15H27N3/c1-5-18(13(2)11-17(3)4)12-15(16)14-9-7-6-8-10-14/h6-10,13,15H,5,11-12,16H2,1-4H3/t13?,15-/m1/s1. The second-order valence-corrected chi connectivity index (χ2v) is 5.22. The highest BCUT2D eigenvalue weighted by Crippen LogP contribution is 2.13. The number of hydrogen-bond donors (Lipinski definition) is 1. The third-order valence-electron chi connectivity index (χ3n) is 3.32. The molecule has 0 aliphatic rings. The second kappa shape index (κ2) is 7.52. The lowest BCUT2D eigenvalue weighted by Crippen LogP contribution is -2.43. The molecule has 102 valence electrons. The highest BCUT2D eigenvalue weighted by Gasteiger charge is 2.16. The molecule has 0 aliphatic heterocycles. The quantitative estimate of drug-likeness (QED) is 0.802. The number of nitrogens with two attached hydrogens (primary N) is 1. The van der Waals surface area contributed by atoms with Crippen LogP contribution in [-0.4, -0.2) is 49.6 Å². The maximum atomic E-state index is 6.28. The van der Waals surface area contributed by atoms with Crippen LogP contribution in [0.1, 0.15) is 25.5 Å². The van der Waals surface area contributed by atoms with Gasteiger partial charge in [-0.15, -0.1) is 0 Å². The number of rotatable bonds is 7. The van der Waals surface area contributed by atoms with Gasteiger partial charge in [0.25, 0.3) is 0 Å². The molecule has 0 bridgehead atoms. The molecule has 0 amide bonds. The van der Waals surface area contributed by atoms with E-state index >= 15 is 0 Å². The summed E-state index contributed by atoms with van der Waals surface area (Å²) in [5.74, 6) is 0. The number of nitrogens with zero attached hydrogens (tertiary/aromatic N) is 2. The van der Waals surface area contributed by atoms with Crippen LogP contribution in [0, 0.1) is 0 Å². The molecule has 1 aromatic carbocycles. The summed E-state index contributed by atoms with van der Waals surface area (Å²) in [7, 11) is 4.23. The predicted molar refractivity (Wildman–Crippen MR) is 78.6 cm³/mol. The second-order valence-electron chi connectivity index (χ2n) is 5.22. The molecule has 0 saturated heterocycles. The smallest absolute Gasteiger partial charge is 0.0424 e. The van der Waals surface area contributed by atoms with Gasteiger partial charge in [0.05, 0.1) is 0 Å². The molecule has 0 saturated carbocycles. The van der Waals surface area contributed by atoms with E-state index in [1.807, 2.05) is 6.07 Å². The minimum atomic E-state index is 0.0933. The van der Waals surface area contributed by atoms with Crippen molar-refractivity contribution in [2.75, 3.05) is 33.7 Å². The number of likely N-dealkylation sites (N-methyl/N-ethyl adjacent to an activating group) is 2. The Morgan fingerprint density at radius 1 is 1.11 bits per heavy atom. The first kappa shape index (κ1) is 15.2. The molecule has 3 nitrogen and oxygen atoms in total. The molecule has 0 heterocycles. The summed E-state index contributed by atoms with van der Waals surface area (Å²) in [6.07, 6.45) is 0. The van der Waals surface area contributed by atoms with E-state index in [-0.39, 0.29) is 6.04 Å². The van der Waals surface area contributed by atoms with Crippen molar-refractivity contribution in [3.8, 4) is 0 Å². The summed E-state index contributed by atoms with van der Waals surface area (Å²) in [5, 5.41) is 0. The zero-order valence-corrected chi connectivity index (χ0v) is 12.1. The SMILES string of the molecule is CCN(C[C@@H](N)c1ccccc1)C(C)CN(C)C. The van der Waals surface area contributed by atoms with Crippen molar-refractivity contribution in [2.24, 2.45) is 5.73 Å². The Kier molecular flexibility index (Phi) is 6.33. The Morgan fingerprint density at radius 3 is 2.22 bits per heavy atom. The summed E-state index contributed by atoms with van der Waals surface area (Å²) in [5.41, 5.74) is 7.50. The Hall–Kier alpha value is -0.900. The van der Waals surface area contributed by atoms with Crippen molar-refractivity contribution < 1.29 is 0 Å². The van der Waals surface area contributed by atoms with Gasteiger partial charge in [-0.25, -0.2) is 0 Å². The van der Waals surface area contributed by atoms with Crippen molar-refractivity contribution in [3.05, 3.63) is 35.9 Å². The molecule has 2 atom stereocenters. The number of benzene rings is 1. The molecule has 0 aromatic heterocycles. The zero-order chi connectivity index (χ0) is 13.5. The molecule has 0 aliphatic carbocycles. The average molecular weight is 249 g/mol. The minimum Gasteiger partial charge on any atom is -0.323 e. The summed E-state index contributed by atoms with van der Waals surface area (Å²) in [6.45, 7) is 7.48. The number of hydrogen-bond acceptors (Lipinski definition) is 3. The van der Waals surface area contributed by atoms with Crippen molar-refractivity contribution in [3.63, 3.8) is 0 Å². The highest BCUT2D eigenvalue weighted by molar-refractivity contribution is 5.18. The van der Waals surface area contributed by atoms with Gasteiger partial charge in [-0.1, -0.05) is 37.3 Å². The Labute approximate surface area is 112 Å². The van der Waals surface area contributed by atoms with E-state index in [0.29, 0.717) is 6.04 Å². The maximum Gasteiger partial charge on any atom is 0.0424 e. The van der Waals surface area contributed by atoms with E-state index in [1.165, 1.54) is 5.56 Å². The molecule has 0 radical (unpaired) electrons. The Morgan fingerprint density at radius 2 is 1.72 bits per heavy atom. The predicted octanol–water partition coefficient (Wildman–Crippen LogP) is 1.96. The lowest BCUT2D eigenvalue weighted by Gasteiger charge is -2.32. The molecule has 0 fully saturated rings. The summed E-state index contributed by atoms with van der Waals surface area (Å²) < 4.78 is 0. The first-order chi connectivity index (χ1) is 8.54. The van der Waals surface area contributed by atoms with Crippen LogP contribution < -0.4 is 5.73 Å². The summed E-state index contributed by atoms with van der Waals surface area (Å²) >= 11 is 0. The maximum absolute atomic E-state index is 6.28. The van der Waals surface area contributed by atoms with Gasteiger partial charge >= 0.3 is 0 Å². The first-order valence-electron chi connectivity index (χ1n) is 6.73. The van der Waals surface area contributed by atoms with Crippen LogP contribution in [0.15, 0.2) is 30.3 Å². The van der Waals surface area contributed by atoms with Crippen molar-refractivity contribution in [1.29, 1.82) is 0 Å². The molecule has 2 N–H and O–H groups in total. The van der Waals surface area contributed by atoms with Crippen LogP contribution in [0.5, 0.6) is 0 Å². The molecule has 1 unspecified atom stereocenters. The zero-order valence-electron chi connectivity index (χ0n) is 12.1. The van der Waals surface area contributed by atoms with E-state index in [2.05, 4.69) is 62.0 Å². The molecule has 1 aromatic rings. The third-order valence-corrected chi connectivity index (χ3v) is 3.32. The van der Waals surface area contributed by atoms with Gasteiger partial charge in [0.15, 0.2) is 0 Å². The van der Waals surface area contributed by atoms with Gasteiger partial charge in [-0.05, 0) is 33.1 Å². The fourth-order valence-electron chi connectivity index (χ4n) is 2.32. The van der Waals surface area contributed by atoms with Gasteiger partial charge in [-0.3, -0.25) is 4.90 Å².